The molecular formula is C6H10OS3. The molecule has 0 saturated carbocycles. The molecule has 1 spiro atoms. The van der Waals surface area contributed by atoms with Crippen LogP contribution in [0.2, 0.25) is 0 Å². The third-order valence-electron chi connectivity index (χ3n) is 1.48. The van der Waals surface area contributed by atoms with Crippen LogP contribution in [0, 0.1) is 0 Å². The van der Waals surface area contributed by atoms with Crippen LogP contribution >= 0.6 is 35.3 Å². The van der Waals surface area contributed by atoms with Crippen LogP contribution < -0.4 is 0 Å². The Hall–Kier alpha value is 1.01. The predicted molar refractivity (Wildman–Crippen MR) is 50.7 cm³/mol. The fraction of sp³-hybridized carbons (Fsp3) is 1.00. The molecule has 1 nitrogen and oxygen atoms in total. The first-order chi connectivity index (χ1) is 4.81. The molecule has 4 heteroatoms. The predicted octanol–water partition coefficient (Wildman–Crippen LogP) is 2.23. The maximum atomic E-state index is 5.80. The maximum absolute atomic E-state index is 5.80. The summed E-state index contributed by atoms with van der Waals surface area (Å²) in [6.45, 7) is 2.15. The minimum Gasteiger partial charge on any atom is -0.342 e. The van der Waals surface area contributed by atoms with E-state index >= 15 is 0 Å². The van der Waals surface area contributed by atoms with Crippen LogP contribution in [0.1, 0.15) is 6.92 Å². The van der Waals surface area contributed by atoms with Crippen LogP contribution in [-0.4, -0.2) is 27.0 Å². The Morgan fingerprint density at radius 3 is 2.50 bits per heavy atom. The second-order valence-corrected chi connectivity index (χ2v) is 6.95. The number of thioether (sulfide) groups is 3. The van der Waals surface area contributed by atoms with Crippen LogP contribution in [-0.2, 0) is 4.74 Å². The molecule has 1 atom stereocenters. The lowest BCUT2D eigenvalue weighted by atomic mass is 10.5. The first-order valence-electron chi connectivity index (χ1n) is 3.40. The summed E-state index contributed by atoms with van der Waals surface area (Å²) in [5, 5.41) is 0. The van der Waals surface area contributed by atoms with Gasteiger partial charge in [-0.15, -0.1) is 35.3 Å². The summed E-state index contributed by atoms with van der Waals surface area (Å²) in [5.41, 5.74) is 0. The highest BCUT2D eigenvalue weighted by Crippen LogP contribution is 2.56. The van der Waals surface area contributed by atoms with E-state index in [1.807, 2.05) is 35.3 Å². The van der Waals surface area contributed by atoms with E-state index in [-0.39, 0.29) is 3.60 Å². The zero-order valence-electron chi connectivity index (χ0n) is 5.83. The van der Waals surface area contributed by atoms with Crippen LogP contribution in [0.4, 0.5) is 0 Å². The molecule has 2 aliphatic rings. The largest absolute Gasteiger partial charge is 0.342 e. The van der Waals surface area contributed by atoms with Crippen LogP contribution in [0.25, 0.3) is 0 Å². The van der Waals surface area contributed by atoms with Crippen molar-refractivity contribution in [1.82, 2.24) is 0 Å². The molecule has 2 rings (SSSR count). The molecule has 0 radical (unpaired) electrons. The van der Waals surface area contributed by atoms with Crippen molar-refractivity contribution >= 4 is 35.3 Å². The highest BCUT2D eigenvalue weighted by atomic mass is 32.3. The molecule has 2 aliphatic heterocycles. The van der Waals surface area contributed by atoms with Crippen molar-refractivity contribution in [2.24, 2.45) is 0 Å². The molecule has 2 heterocycles. The van der Waals surface area contributed by atoms with Gasteiger partial charge in [0.05, 0.1) is 6.10 Å². The van der Waals surface area contributed by atoms with Crippen molar-refractivity contribution < 1.29 is 4.74 Å². The van der Waals surface area contributed by atoms with E-state index in [2.05, 4.69) is 6.92 Å². The van der Waals surface area contributed by atoms with Crippen LogP contribution in [0.5, 0.6) is 0 Å². The van der Waals surface area contributed by atoms with Gasteiger partial charge in [0.2, 0.25) is 3.60 Å². The quantitative estimate of drug-likeness (QED) is 0.584. The molecule has 58 valence electrons. The zero-order chi connectivity index (χ0) is 7.03. The van der Waals surface area contributed by atoms with Gasteiger partial charge in [-0.1, -0.05) is 0 Å². The summed E-state index contributed by atoms with van der Waals surface area (Å²) in [5.74, 6) is 3.68. The molecule has 0 aliphatic carbocycles. The molecule has 0 aromatic carbocycles. The molecule has 0 bridgehead atoms. The van der Waals surface area contributed by atoms with E-state index in [9.17, 15) is 0 Å². The van der Waals surface area contributed by atoms with E-state index in [1.54, 1.807) is 0 Å². The van der Waals surface area contributed by atoms with E-state index in [0.29, 0.717) is 6.10 Å². The number of hydrogen-bond acceptors (Lipinski definition) is 4. The normalized spacial score (nSPS) is 37.5. The van der Waals surface area contributed by atoms with Gasteiger partial charge in [0, 0.05) is 17.3 Å². The van der Waals surface area contributed by atoms with Gasteiger partial charge in [-0.3, -0.25) is 0 Å². The first-order valence-corrected chi connectivity index (χ1v) is 6.36. The third kappa shape index (κ3) is 1.31. The van der Waals surface area contributed by atoms with E-state index in [0.717, 1.165) is 0 Å². The Balaban J connectivity index is 2.03. The van der Waals surface area contributed by atoms with Crippen molar-refractivity contribution in [3.05, 3.63) is 0 Å². The minimum absolute atomic E-state index is 0.111. The van der Waals surface area contributed by atoms with Crippen molar-refractivity contribution in [2.75, 3.05) is 17.3 Å². The third-order valence-corrected chi connectivity index (χ3v) is 6.66. The van der Waals surface area contributed by atoms with Crippen LogP contribution in [0.15, 0.2) is 0 Å². The Labute approximate surface area is 74.0 Å². The fourth-order valence-corrected chi connectivity index (χ4v) is 5.84. The average Bonchev–Trinajstić information content (AvgIpc) is 2.46. The molecular weight excluding hydrogens is 184 g/mol. The molecule has 2 fully saturated rings. The molecule has 0 amide bonds. The monoisotopic (exact) mass is 194 g/mol. The van der Waals surface area contributed by atoms with Crippen LogP contribution in [0.3, 0.4) is 0 Å². The Morgan fingerprint density at radius 2 is 2.00 bits per heavy atom. The van der Waals surface area contributed by atoms with Crippen molar-refractivity contribution in [2.45, 2.75) is 16.6 Å². The molecule has 0 aromatic heterocycles. The summed E-state index contributed by atoms with van der Waals surface area (Å²) >= 11 is 5.88. The lowest BCUT2D eigenvalue weighted by Crippen LogP contribution is -2.13. The topological polar surface area (TPSA) is 9.23 Å². The van der Waals surface area contributed by atoms with Gasteiger partial charge in [-0.2, -0.15) is 0 Å². The number of hydrogen-bond donors (Lipinski definition) is 0. The fourth-order valence-electron chi connectivity index (χ4n) is 1.06. The first kappa shape index (κ1) is 7.65. The zero-order valence-corrected chi connectivity index (χ0v) is 8.28. The smallest absolute Gasteiger partial charge is 0.209 e. The van der Waals surface area contributed by atoms with E-state index in [1.165, 1.54) is 17.3 Å². The molecule has 0 unspecified atom stereocenters. The summed E-state index contributed by atoms with van der Waals surface area (Å²) in [6, 6.07) is 0. The van der Waals surface area contributed by atoms with Crippen molar-refractivity contribution in [3.63, 3.8) is 0 Å². The Morgan fingerprint density at radius 1 is 1.30 bits per heavy atom. The number of ether oxygens (including phenoxy) is 1. The van der Waals surface area contributed by atoms with Gasteiger partial charge >= 0.3 is 0 Å². The van der Waals surface area contributed by atoms with E-state index in [4.69, 9.17) is 4.74 Å². The second-order valence-electron chi connectivity index (χ2n) is 2.44. The lowest BCUT2D eigenvalue weighted by molar-refractivity contribution is 0.106. The van der Waals surface area contributed by atoms with Gasteiger partial charge in [0.15, 0.2) is 0 Å². The van der Waals surface area contributed by atoms with Gasteiger partial charge in [0.1, 0.15) is 0 Å². The minimum atomic E-state index is 0.111. The molecule has 0 aromatic rings. The Bertz CT molecular complexity index is 133. The van der Waals surface area contributed by atoms with Gasteiger partial charge in [-0.25, -0.2) is 0 Å². The van der Waals surface area contributed by atoms with Gasteiger partial charge < -0.3 is 4.74 Å². The van der Waals surface area contributed by atoms with Crippen molar-refractivity contribution in [1.29, 1.82) is 0 Å². The highest BCUT2D eigenvalue weighted by molar-refractivity contribution is 8.35. The summed E-state index contributed by atoms with van der Waals surface area (Å²) < 4.78 is 5.91. The summed E-state index contributed by atoms with van der Waals surface area (Å²) in [6.07, 6.45) is 0.461. The average molecular weight is 194 g/mol. The molecule has 0 N–H and O–H groups in total. The maximum Gasteiger partial charge on any atom is 0.209 e. The van der Waals surface area contributed by atoms with Crippen molar-refractivity contribution in [3.8, 4) is 0 Å². The standard InChI is InChI=1S/C6H10OS3/c1-5-4-10-6(7-5)8-2-3-9-6/h5H,2-4H2,1H3/t5-/m0/s1. The van der Waals surface area contributed by atoms with E-state index < -0.39 is 0 Å². The molecule has 2 saturated heterocycles. The number of rotatable bonds is 0. The highest BCUT2D eigenvalue weighted by Gasteiger charge is 2.43. The van der Waals surface area contributed by atoms with Gasteiger partial charge in [-0.05, 0) is 6.92 Å². The second kappa shape index (κ2) is 2.81. The SMILES string of the molecule is C[C@H]1CSC2(O1)SCCS2. The summed E-state index contributed by atoms with van der Waals surface area (Å²) in [7, 11) is 0. The Kier molecular flexibility index (Phi) is 2.15. The lowest BCUT2D eigenvalue weighted by Gasteiger charge is -2.18. The molecule has 10 heavy (non-hydrogen) atoms. The summed E-state index contributed by atoms with van der Waals surface area (Å²) in [4.78, 5) is 0. The van der Waals surface area contributed by atoms with Gasteiger partial charge in [0.25, 0.3) is 0 Å².